The largest absolute Gasteiger partial charge is 0.356 e. The number of rotatable bonds is 7. The summed E-state index contributed by atoms with van der Waals surface area (Å²) in [6.07, 6.45) is 0.272. The van der Waals surface area contributed by atoms with Gasteiger partial charge < -0.3 is 10.6 Å². The number of halogens is 1. The van der Waals surface area contributed by atoms with Crippen LogP contribution in [0.1, 0.15) is 26.7 Å². The van der Waals surface area contributed by atoms with E-state index in [4.69, 9.17) is 11.6 Å². The molecule has 3 N–H and O–H groups in total. The van der Waals surface area contributed by atoms with Crippen LogP contribution >= 0.6 is 11.6 Å². The maximum atomic E-state index is 11.3. The summed E-state index contributed by atoms with van der Waals surface area (Å²) in [5, 5.41) is 7.24. The molecule has 0 heterocycles. The molecule has 104 valence electrons. The number of hydrogen-bond donors (Lipinski definition) is 3. The molecule has 0 bridgehead atoms. The molecule has 0 fully saturated rings. The lowest BCUT2D eigenvalue weighted by Crippen LogP contribution is -2.41. The SMILES string of the molecule is CC(C)CNC(=O)CCNC(=O)NC(=O)CCCl. The summed E-state index contributed by atoms with van der Waals surface area (Å²) in [6.45, 7) is 4.78. The highest BCUT2D eigenvalue weighted by atomic mass is 35.5. The molecule has 0 atom stereocenters. The van der Waals surface area contributed by atoms with Crippen molar-refractivity contribution < 1.29 is 14.4 Å². The van der Waals surface area contributed by atoms with Crippen molar-refractivity contribution in [2.24, 2.45) is 5.92 Å². The topological polar surface area (TPSA) is 87.3 Å². The van der Waals surface area contributed by atoms with Crippen LogP contribution < -0.4 is 16.0 Å². The fraction of sp³-hybridized carbons (Fsp3) is 0.727. The van der Waals surface area contributed by atoms with Crippen LogP contribution in [0.15, 0.2) is 0 Å². The highest BCUT2D eigenvalue weighted by Crippen LogP contribution is 1.88. The molecular formula is C11H20ClN3O3. The molecule has 0 radical (unpaired) electrons. The average molecular weight is 278 g/mol. The van der Waals surface area contributed by atoms with Gasteiger partial charge in [-0.1, -0.05) is 13.8 Å². The predicted octanol–water partition coefficient (Wildman–Crippen LogP) is 0.603. The van der Waals surface area contributed by atoms with E-state index >= 15 is 0 Å². The summed E-state index contributed by atoms with van der Waals surface area (Å²) in [5.41, 5.74) is 0. The van der Waals surface area contributed by atoms with E-state index in [1.807, 2.05) is 13.8 Å². The van der Waals surface area contributed by atoms with Crippen LogP contribution in [-0.4, -0.2) is 36.8 Å². The molecule has 0 aliphatic carbocycles. The van der Waals surface area contributed by atoms with Crippen LogP contribution in [0.2, 0.25) is 0 Å². The smallest absolute Gasteiger partial charge is 0.321 e. The Kier molecular flexibility index (Phi) is 9.00. The van der Waals surface area contributed by atoms with Gasteiger partial charge in [0.1, 0.15) is 0 Å². The maximum Gasteiger partial charge on any atom is 0.321 e. The van der Waals surface area contributed by atoms with Crippen LogP contribution in [0.5, 0.6) is 0 Å². The average Bonchev–Trinajstić information content (AvgIpc) is 2.26. The molecule has 18 heavy (non-hydrogen) atoms. The van der Waals surface area contributed by atoms with Gasteiger partial charge in [-0.2, -0.15) is 0 Å². The van der Waals surface area contributed by atoms with Gasteiger partial charge in [-0.25, -0.2) is 4.79 Å². The zero-order chi connectivity index (χ0) is 14.0. The van der Waals surface area contributed by atoms with Crippen molar-refractivity contribution in [2.75, 3.05) is 19.0 Å². The van der Waals surface area contributed by atoms with Gasteiger partial charge in [0.05, 0.1) is 0 Å². The number of amides is 4. The predicted molar refractivity (Wildman–Crippen MR) is 69.3 cm³/mol. The number of hydrogen-bond acceptors (Lipinski definition) is 3. The van der Waals surface area contributed by atoms with E-state index in [-0.39, 0.29) is 31.2 Å². The molecular weight excluding hydrogens is 258 g/mol. The van der Waals surface area contributed by atoms with E-state index in [1.54, 1.807) is 0 Å². The van der Waals surface area contributed by atoms with Gasteiger partial charge in [-0.3, -0.25) is 14.9 Å². The molecule has 0 rings (SSSR count). The molecule has 0 unspecified atom stereocenters. The third-order valence-corrected chi connectivity index (χ3v) is 2.11. The van der Waals surface area contributed by atoms with E-state index < -0.39 is 11.9 Å². The fourth-order valence-corrected chi connectivity index (χ4v) is 1.19. The summed E-state index contributed by atoms with van der Waals surface area (Å²) in [4.78, 5) is 33.4. The van der Waals surface area contributed by atoms with E-state index in [9.17, 15) is 14.4 Å². The van der Waals surface area contributed by atoms with Gasteiger partial charge in [0.15, 0.2) is 0 Å². The lowest BCUT2D eigenvalue weighted by molar-refractivity contribution is -0.121. The van der Waals surface area contributed by atoms with Crippen LogP contribution in [-0.2, 0) is 9.59 Å². The van der Waals surface area contributed by atoms with E-state index in [2.05, 4.69) is 16.0 Å². The van der Waals surface area contributed by atoms with Crippen molar-refractivity contribution in [3.05, 3.63) is 0 Å². The molecule has 0 aromatic heterocycles. The Hall–Kier alpha value is -1.30. The number of alkyl halides is 1. The normalized spacial score (nSPS) is 10.0. The molecule has 0 spiro atoms. The van der Waals surface area contributed by atoms with Gasteiger partial charge in [-0.05, 0) is 5.92 Å². The standard InChI is InChI=1S/C11H20ClN3O3/c1-8(2)7-14-9(16)4-6-13-11(18)15-10(17)3-5-12/h8H,3-7H2,1-2H3,(H,14,16)(H2,13,15,17,18). The van der Waals surface area contributed by atoms with Gasteiger partial charge >= 0.3 is 6.03 Å². The minimum Gasteiger partial charge on any atom is -0.356 e. The maximum absolute atomic E-state index is 11.3. The monoisotopic (exact) mass is 277 g/mol. The first-order valence-electron chi connectivity index (χ1n) is 5.86. The van der Waals surface area contributed by atoms with Gasteiger partial charge in [-0.15, -0.1) is 11.6 Å². The van der Waals surface area contributed by atoms with Crippen molar-refractivity contribution in [3.8, 4) is 0 Å². The second-order valence-electron chi connectivity index (χ2n) is 4.19. The van der Waals surface area contributed by atoms with E-state index in [1.165, 1.54) is 0 Å². The molecule has 0 aromatic rings. The van der Waals surface area contributed by atoms with Gasteiger partial charge in [0, 0.05) is 31.8 Å². The molecule has 0 saturated carbocycles. The minimum absolute atomic E-state index is 0.0872. The van der Waals surface area contributed by atoms with Crippen molar-refractivity contribution >= 4 is 29.4 Å². The summed E-state index contributed by atoms with van der Waals surface area (Å²) in [6, 6.07) is -0.609. The zero-order valence-electron chi connectivity index (χ0n) is 10.7. The van der Waals surface area contributed by atoms with Gasteiger partial charge in [0.25, 0.3) is 0 Å². The fourth-order valence-electron chi connectivity index (χ4n) is 1.02. The first kappa shape index (κ1) is 16.7. The Bertz CT molecular complexity index is 295. The van der Waals surface area contributed by atoms with Crippen molar-refractivity contribution in [1.29, 1.82) is 0 Å². The quantitative estimate of drug-likeness (QED) is 0.596. The van der Waals surface area contributed by atoms with Crippen LogP contribution in [0.25, 0.3) is 0 Å². The number of urea groups is 1. The van der Waals surface area contributed by atoms with Crippen LogP contribution in [0.3, 0.4) is 0 Å². The second kappa shape index (κ2) is 9.70. The molecule has 6 nitrogen and oxygen atoms in total. The lowest BCUT2D eigenvalue weighted by atomic mass is 10.2. The highest BCUT2D eigenvalue weighted by molar-refractivity contribution is 6.19. The Morgan fingerprint density at radius 2 is 1.72 bits per heavy atom. The highest BCUT2D eigenvalue weighted by Gasteiger charge is 2.07. The molecule has 4 amide bonds. The number of nitrogens with one attached hydrogen (secondary N) is 3. The molecule has 0 aliphatic heterocycles. The number of carbonyl (C=O) groups excluding carboxylic acids is 3. The van der Waals surface area contributed by atoms with Crippen molar-refractivity contribution in [3.63, 3.8) is 0 Å². The summed E-state index contributed by atoms with van der Waals surface area (Å²) < 4.78 is 0. The zero-order valence-corrected chi connectivity index (χ0v) is 11.5. The first-order valence-corrected chi connectivity index (χ1v) is 6.39. The van der Waals surface area contributed by atoms with E-state index in [0.717, 1.165) is 0 Å². The Balaban J connectivity index is 3.61. The molecule has 0 aromatic carbocycles. The summed E-state index contributed by atoms with van der Waals surface area (Å²) in [5.74, 6) is -0.0160. The van der Waals surface area contributed by atoms with Crippen LogP contribution in [0.4, 0.5) is 4.79 Å². The lowest BCUT2D eigenvalue weighted by Gasteiger charge is -2.08. The second-order valence-corrected chi connectivity index (χ2v) is 4.57. The summed E-state index contributed by atoms with van der Waals surface area (Å²) >= 11 is 5.34. The van der Waals surface area contributed by atoms with Gasteiger partial charge in [0.2, 0.25) is 11.8 Å². The summed E-state index contributed by atoms with van der Waals surface area (Å²) in [7, 11) is 0. The molecule has 0 saturated heterocycles. The molecule has 7 heteroatoms. The Morgan fingerprint density at radius 3 is 2.28 bits per heavy atom. The van der Waals surface area contributed by atoms with Crippen molar-refractivity contribution in [2.45, 2.75) is 26.7 Å². The van der Waals surface area contributed by atoms with E-state index in [0.29, 0.717) is 12.5 Å². The Morgan fingerprint density at radius 1 is 1.06 bits per heavy atom. The Labute approximate surface area is 112 Å². The third kappa shape index (κ3) is 9.89. The molecule has 0 aliphatic rings. The third-order valence-electron chi connectivity index (χ3n) is 1.92. The number of carbonyl (C=O) groups is 3. The minimum atomic E-state index is -0.609. The number of imide groups is 1. The van der Waals surface area contributed by atoms with Crippen molar-refractivity contribution in [1.82, 2.24) is 16.0 Å². The van der Waals surface area contributed by atoms with Crippen LogP contribution in [0, 0.1) is 5.92 Å². The first-order chi connectivity index (χ1) is 8.45.